The van der Waals surface area contributed by atoms with Crippen molar-refractivity contribution in [2.75, 3.05) is 33.4 Å². The number of halogens is 3. The number of oxazole rings is 1. The molecule has 4 aliphatic heterocycles. The molecule has 0 aliphatic carbocycles. The van der Waals surface area contributed by atoms with Gasteiger partial charge in [-0.25, -0.2) is 14.4 Å². The Kier molecular flexibility index (Phi) is 24.2. The van der Waals surface area contributed by atoms with Crippen molar-refractivity contribution in [1.29, 1.82) is 0 Å². The number of morpholine rings is 1. The first-order valence-electron chi connectivity index (χ1n) is 28.8. The van der Waals surface area contributed by atoms with Gasteiger partial charge < -0.3 is 32.6 Å². The van der Waals surface area contributed by atoms with Crippen LogP contribution in [-0.2, 0) is 4.74 Å². The molecule has 10 aromatic rings. The summed E-state index contributed by atoms with van der Waals surface area (Å²) in [5.41, 5.74) is 17.6. The van der Waals surface area contributed by atoms with E-state index in [-0.39, 0.29) is 11.6 Å². The van der Waals surface area contributed by atoms with Crippen LogP contribution < -0.4 is 4.74 Å². The summed E-state index contributed by atoms with van der Waals surface area (Å²) >= 11 is 1.49. The number of H-pyrrole nitrogens is 1. The highest BCUT2D eigenvalue weighted by Crippen LogP contribution is 2.35. The predicted octanol–water partition coefficient (Wildman–Crippen LogP) is 18.6. The molecule has 446 valence electrons. The predicted molar refractivity (Wildman–Crippen MR) is 337 cm³/mol. The van der Waals surface area contributed by atoms with E-state index < -0.39 is 6.61 Å². The molecule has 10 nitrogen and oxygen atoms in total. The Morgan fingerprint density at radius 1 is 0.651 bits per heavy atom. The van der Waals surface area contributed by atoms with E-state index in [0.29, 0.717) is 12.1 Å². The van der Waals surface area contributed by atoms with Crippen LogP contribution in [0.3, 0.4) is 0 Å². The Bertz CT molecular complexity index is 3500. The summed E-state index contributed by atoms with van der Waals surface area (Å²) in [6, 6.07) is 29.6. The molecule has 1 N–H and O–H groups in total. The van der Waals surface area contributed by atoms with Crippen molar-refractivity contribution >= 4 is 55.4 Å². The quantitative estimate of drug-likeness (QED) is 0.181. The number of rotatable bonds is 2. The van der Waals surface area contributed by atoms with E-state index in [9.17, 15) is 13.2 Å². The molecule has 6 unspecified atom stereocenters. The maximum atomic E-state index is 12.3. The van der Waals surface area contributed by atoms with Gasteiger partial charge in [0.05, 0.1) is 43.1 Å². The molecule has 6 atom stereocenters. The van der Waals surface area contributed by atoms with Gasteiger partial charge >= 0.3 is 6.61 Å². The molecule has 0 amide bonds. The van der Waals surface area contributed by atoms with Crippen molar-refractivity contribution in [3.63, 3.8) is 0 Å². The molecule has 14 heteroatoms. The fraction of sp³-hybridized carbons (Fsp3) is 0.420. The minimum atomic E-state index is -2.74. The minimum Gasteiger partial charge on any atom is -0.464 e. The van der Waals surface area contributed by atoms with E-state index in [2.05, 4.69) is 148 Å². The van der Waals surface area contributed by atoms with Gasteiger partial charge in [-0.2, -0.15) is 8.78 Å². The van der Waals surface area contributed by atoms with Gasteiger partial charge in [-0.15, -0.1) is 11.3 Å². The van der Waals surface area contributed by atoms with Crippen LogP contribution in [-0.4, -0.2) is 82.8 Å². The van der Waals surface area contributed by atoms with Crippen LogP contribution in [0.5, 0.6) is 5.75 Å². The molecular weight excluding hydrogens is 1070 g/mol. The molecule has 83 heavy (non-hydrogen) atoms. The molecule has 0 saturated carbocycles. The number of aromatic amines is 1. The molecule has 2 bridgehead atoms. The van der Waals surface area contributed by atoms with Gasteiger partial charge in [0, 0.05) is 45.2 Å². The van der Waals surface area contributed by atoms with Crippen LogP contribution in [0, 0.1) is 101 Å². The Morgan fingerprint density at radius 2 is 1.33 bits per heavy atom. The van der Waals surface area contributed by atoms with Crippen LogP contribution >= 0.6 is 11.3 Å². The van der Waals surface area contributed by atoms with E-state index >= 15 is 0 Å². The lowest BCUT2D eigenvalue weighted by Gasteiger charge is -2.47. The first-order valence-corrected chi connectivity index (χ1v) is 29.6. The number of thiophene rings is 1. The highest BCUT2D eigenvalue weighted by molar-refractivity contribution is 7.11. The zero-order valence-corrected chi connectivity index (χ0v) is 52.8. The number of hydrogen-bond donors (Lipinski definition) is 1. The van der Waals surface area contributed by atoms with E-state index in [0.717, 1.165) is 90.8 Å². The average molecular weight is 1160 g/mol. The second-order valence-electron chi connectivity index (χ2n) is 22.8. The van der Waals surface area contributed by atoms with Gasteiger partial charge in [-0.05, 0) is 235 Å². The zero-order chi connectivity index (χ0) is 60.7. The van der Waals surface area contributed by atoms with Crippen LogP contribution in [0.4, 0.5) is 13.2 Å². The number of nitrogens with zero attached hydrogens (tertiary/aromatic N) is 4. The van der Waals surface area contributed by atoms with Crippen molar-refractivity contribution in [3.8, 4) is 5.75 Å². The third kappa shape index (κ3) is 18.9. The van der Waals surface area contributed by atoms with Crippen molar-refractivity contribution in [2.24, 2.45) is 11.8 Å². The number of alkyl halides is 2. The summed E-state index contributed by atoms with van der Waals surface area (Å²) in [5.74, 6) is 2.21. The van der Waals surface area contributed by atoms with Crippen molar-refractivity contribution in [3.05, 3.63) is 181 Å². The summed E-state index contributed by atoms with van der Waals surface area (Å²) in [6.07, 6.45) is 9.67. The van der Waals surface area contributed by atoms with Gasteiger partial charge in [0.15, 0.2) is 12.0 Å². The molecule has 9 heterocycles. The number of aryl methyl sites for hydroxylation is 12. The van der Waals surface area contributed by atoms with Gasteiger partial charge in [-0.3, -0.25) is 4.90 Å². The number of likely N-dealkylation sites (N-methyl/N-ethyl adjacent to an activating group) is 1. The lowest BCUT2D eigenvalue weighted by atomic mass is 9.77. The lowest BCUT2D eigenvalue weighted by molar-refractivity contribution is -0.0503. The smallest absolute Gasteiger partial charge is 0.387 e. The van der Waals surface area contributed by atoms with E-state index in [4.69, 9.17) is 18.0 Å². The first kappa shape index (κ1) is 65.4. The second kappa shape index (κ2) is 30.7. The Morgan fingerprint density at radius 3 is 1.92 bits per heavy atom. The summed E-state index contributed by atoms with van der Waals surface area (Å²) in [7, 11) is 2.15. The fourth-order valence-electron chi connectivity index (χ4n) is 10.3. The average Bonchev–Trinajstić information content (AvgIpc) is 4.51. The molecule has 4 fully saturated rings. The van der Waals surface area contributed by atoms with Gasteiger partial charge in [0.25, 0.3) is 0 Å². The third-order valence-corrected chi connectivity index (χ3v) is 16.7. The lowest BCUT2D eigenvalue weighted by Crippen LogP contribution is -2.51. The number of imidazole rings is 1. The summed E-state index contributed by atoms with van der Waals surface area (Å²) in [6.45, 7) is 34.8. The van der Waals surface area contributed by atoms with Gasteiger partial charge in [0.1, 0.15) is 28.2 Å². The molecule has 0 radical (unpaired) electrons. The number of ether oxygens (including phenoxy) is 2. The van der Waals surface area contributed by atoms with Crippen LogP contribution in [0.1, 0.15) is 106 Å². The van der Waals surface area contributed by atoms with Crippen molar-refractivity contribution in [1.82, 2.24) is 24.8 Å². The highest BCUT2D eigenvalue weighted by atomic mass is 32.1. The number of piperidine rings is 3. The van der Waals surface area contributed by atoms with E-state index in [1.54, 1.807) is 50.9 Å². The van der Waals surface area contributed by atoms with E-state index in [1.807, 2.05) is 52.0 Å². The van der Waals surface area contributed by atoms with Gasteiger partial charge in [-0.1, -0.05) is 54.4 Å². The molecule has 5 aromatic heterocycles. The Hall–Kier alpha value is -6.71. The molecular formula is C69H88F3N5O5S. The number of furan rings is 2. The number of benzene rings is 5. The second-order valence-corrected chi connectivity index (χ2v) is 24.3. The van der Waals surface area contributed by atoms with Crippen molar-refractivity contribution in [2.45, 2.75) is 148 Å². The third-order valence-electron chi connectivity index (χ3n) is 15.8. The number of fused-ring (bicyclic) bond motifs is 7. The van der Waals surface area contributed by atoms with Crippen LogP contribution in [0.15, 0.2) is 123 Å². The monoisotopic (exact) mass is 1160 g/mol. The standard InChI is InChI=1S/2C10H10O.C9H10F2O.C9H10N2.C9H9NO.C9H17N.C7H15NO.C6H7FS/c1-7-5-8(2)10-9(6-7)3-4-11-10;1-7-3-4-10-9(5-7)8(2)6-11-10;1-6-3-4-7(2)8(5-6)12-9(10)11;1-6-3-8-9(4-7(6)2)11-5-10-8;1-6-3-4-7(2)9-8(6)10-5-11-9;1-7-6-10-4-3-9(7)5-8(10)2;1-6-4-9-5-7(2)8(6)3;1-4-3-6(7)5(2)8-4/h2*3-6H,1-2H3;3-5,9H,1-2H3;3-5H,1-2H3,(H,10,11);3-5H,1-2H3;7-9H,3-6H2,1-2H3;6-7H,4-5H2,1-3H3;3H,1-2H3. The van der Waals surface area contributed by atoms with Crippen LogP contribution in [0.25, 0.3) is 44.1 Å². The molecule has 4 saturated heterocycles. The number of nitrogens with one attached hydrogen (secondary N) is 1. The fourth-order valence-corrected chi connectivity index (χ4v) is 11.1. The maximum Gasteiger partial charge on any atom is 0.387 e. The first-order chi connectivity index (χ1) is 39.4. The normalized spacial score (nSPS) is 18.8. The summed E-state index contributed by atoms with van der Waals surface area (Å²) in [5, 5.41) is 2.42. The maximum absolute atomic E-state index is 12.3. The van der Waals surface area contributed by atoms with Gasteiger partial charge in [0.2, 0.25) is 0 Å². The van der Waals surface area contributed by atoms with Crippen molar-refractivity contribution < 1.29 is 35.9 Å². The van der Waals surface area contributed by atoms with Crippen LogP contribution in [0.2, 0.25) is 0 Å². The molecule has 4 aliphatic rings. The largest absolute Gasteiger partial charge is 0.464 e. The topological polar surface area (TPSA) is 106 Å². The SMILES string of the molecule is CC1CN2CCC1CC2C.CC1COCC(C)N1C.Cc1cc(C)c2occc2c1.Cc1cc(F)c(C)s1.Cc1cc2nc[nH]c2cc1C.Cc1ccc(C)c(OC(F)F)c1.Cc1ccc(C)c2ocnc12.Cc1ccc2occ(C)c2c1. The highest BCUT2D eigenvalue weighted by Gasteiger charge is 2.35. The number of aromatic nitrogens is 3. The zero-order valence-electron chi connectivity index (χ0n) is 52.0. The molecule has 5 aromatic carbocycles. The van der Waals surface area contributed by atoms with E-state index in [1.165, 1.54) is 93.4 Å². The Labute approximate surface area is 494 Å². The number of hydrogen-bond acceptors (Lipinski definition) is 10. The summed E-state index contributed by atoms with van der Waals surface area (Å²) < 4.78 is 61.4. The molecule has 0 spiro atoms. The molecule has 14 rings (SSSR count). The summed E-state index contributed by atoms with van der Waals surface area (Å²) in [4.78, 5) is 18.2. The Balaban J connectivity index is 0.000000153. The minimum absolute atomic E-state index is 0.0764.